The quantitative estimate of drug-likeness (QED) is 0.202. The Morgan fingerprint density at radius 2 is 1.67 bits per heavy atom. The number of rotatable bonds is 11. The van der Waals surface area contributed by atoms with Crippen molar-refractivity contribution in [3.63, 3.8) is 0 Å². The molecule has 5 heteroatoms. The summed E-state index contributed by atoms with van der Waals surface area (Å²) in [5, 5.41) is 8.79. The van der Waals surface area contributed by atoms with Gasteiger partial charge in [-0.3, -0.25) is 0 Å². The van der Waals surface area contributed by atoms with Crippen LogP contribution in [0.5, 0.6) is 11.5 Å². The van der Waals surface area contributed by atoms with E-state index in [-0.39, 0.29) is 11.3 Å². The van der Waals surface area contributed by atoms with Crippen LogP contribution in [-0.2, 0) is 0 Å². The predicted molar refractivity (Wildman–Crippen MR) is 127 cm³/mol. The van der Waals surface area contributed by atoms with Crippen molar-refractivity contribution >= 4 is 5.97 Å². The van der Waals surface area contributed by atoms with E-state index in [4.69, 9.17) is 14.7 Å². The molecule has 0 aliphatic heterocycles. The second-order valence-electron chi connectivity index (χ2n) is 9.04. The fraction of sp³-hybridized carbons (Fsp3) is 0.500. The van der Waals surface area contributed by atoms with Crippen molar-refractivity contribution in [2.75, 3.05) is 6.61 Å². The summed E-state index contributed by atoms with van der Waals surface area (Å²) in [7, 11) is 0. The normalized spacial score (nSPS) is 17.8. The van der Waals surface area contributed by atoms with E-state index < -0.39 is 11.8 Å². The van der Waals surface area contributed by atoms with Gasteiger partial charge >= 0.3 is 5.97 Å². The zero-order chi connectivity index (χ0) is 23.5. The van der Waals surface area contributed by atoms with E-state index in [9.17, 15) is 9.18 Å². The predicted octanol–water partition coefficient (Wildman–Crippen LogP) is 7.46. The van der Waals surface area contributed by atoms with Gasteiger partial charge in [0.1, 0.15) is 5.75 Å². The van der Waals surface area contributed by atoms with Crippen LogP contribution in [0, 0.1) is 29.0 Å². The van der Waals surface area contributed by atoms with Crippen LogP contribution in [0.4, 0.5) is 4.39 Å². The largest absolute Gasteiger partial charge is 0.494 e. The molecule has 0 saturated heterocycles. The van der Waals surface area contributed by atoms with Crippen LogP contribution in [0.25, 0.3) is 0 Å². The molecule has 33 heavy (non-hydrogen) atoms. The Morgan fingerprint density at radius 1 is 1.00 bits per heavy atom. The molecule has 2 aromatic rings. The zero-order valence-corrected chi connectivity index (χ0v) is 19.5. The number of carbonyl (C=O) groups excluding carboxylic acids is 1. The molecule has 0 N–H and O–H groups in total. The highest BCUT2D eigenvalue weighted by Gasteiger charge is 2.20. The van der Waals surface area contributed by atoms with E-state index >= 15 is 0 Å². The number of benzene rings is 2. The molecule has 0 radical (unpaired) electrons. The molecule has 176 valence electrons. The molecular formula is C28H34FNO3. The van der Waals surface area contributed by atoms with Crippen LogP contribution in [0.3, 0.4) is 0 Å². The molecule has 0 amide bonds. The highest BCUT2D eigenvalue weighted by atomic mass is 19.1. The molecule has 1 aliphatic carbocycles. The molecule has 0 bridgehead atoms. The third-order valence-corrected chi connectivity index (χ3v) is 6.56. The van der Waals surface area contributed by atoms with E-state index in [0.29, 0.717) is 17.9 Å². The van der Waals surface area contributed by atoms with E-state index in [2.05, 4.69) is 6.92 Å². The van der Waals surface area contributed by atoms with Gasteiger partial charge in [-0.1, -0.05) is 58.3 Å². The van der Waals surface area contributed by atoms with Crippen molar-refractivity contribution < 1.29 is 18.7 Å². The molecule has 1 fully saturated rings. The lowest BCUT2D eigenvalue weighted by atomic mass is 9.78. The molecule has 0 atom stereocenters. The highest BCUT2D eigenvalue weighted by Crippen LogP contribution is 2.34. The number of carbonyl (C=O) groups is 1. The molecule has 0 aromatic heterocycles. The van der Waals surface area contributed by atoms with Crippen molar-refractivity contribution in [3.8, 4) is 17.6 Å². The molecule has 3 rings (SSSR count). The first kappa shape index (κ1) is 24.8. The van der Waals surface area contributed by atoms with Crippen LogP contribution in [-0.4, -0.2) is 12.6 Å². The summed E-state index contributed by atoms with van der Waals surface area (Å²) in [6.45, 7) is 2.93. The van der Waals surface area contributed by atoms with Crippen LogP contribution < -0.4 is 9.47 Å². The summed E-state index contributed by atoms with van der Waals surface area (Å²) in [5.74, 6) is 0.881. The smallest absolute Gasteiger partial charge is 0.343 e. The second-order valence-corrected chi connectivity index (χ2v) is 9.04. The van der Waals surface area contributed by atoms with E-state index in [1.807, 2.05) is 6.07 Å². The number of halogens is 1. The Hall–Kier alpha value is -2.87. The number of nitriles is 1. The monoisotopic (exact) mass is 451 g/mol. The van der Waals surface area contributed by atoms with Gasteiger partial charge in [0, 0.05) is 0 Å². The van der Waals surface area contributed by atoms with Crippen LogP contribution in [0.2, 0.25) is 0 Å². The lowest BCUT2D eigenvalue weighted by Gasteiger charge is -2.28. The van der Waals surface area contributed by atoms with Gasteiger partial charge in [0.15, 0.2) is 11.6 Å². The Kier molecular flexibility index (Phi) is 9.75. The van der Waals surface area contributed by atoms with Crippen molar-refractivity contribution in [1.82, 2.24) is 0 Å². The Balaban J connectivity index is 1.35. The van der Waals surface area contributed by atoms with Crippen LogP contribution >= 0.6 is 0 Å². The fourth-order valence-electron chi connectivity index (χ4n) is 4.55. The molecule has 0 unspecified atom stereocenters. The summed E-state index contributed by atoms with van der Waals surface area (Å²) >= 11 is 0. The number of nitrogens with zero attached hydrogens (tertiary/aromatic N) is 1. The highest BCUT2D eigenvalue weighted by molar-refractivity contribution is 5.91. The van der Waals surface area contributed by atoms with Gasteiger partial charge in [-0.05, 0) is 67.1 Å². The Bertz CT molecular complexity index is 927. The average Bonchev–Trinajstić information content (AvgIpc) is 2.84. The van der Waals surface area contributed by atoms with Gasteiger partial charge in [0.2, 0.25) is 0 Å². The number of ether oxygens (including phenoxy) is 2. The zero-order valence-electron chi connectivity index (χ0n) is 19.5. The maximum absolute atomic E-state index is 13.9. The molecule has 1 aliphatic rings. The lowest BCUT2D eigenvalue weighted by Crippen LogP contribution is -2.15. The van der Waals surface area contributed by atoms with Gasteiger partial charge in [-0.25, -0.2) is 9.18 Å². The van der Waals surface area contributed by atoms with Gasteiger partial charge < -0.3 is 9.47 Å². The number of hydrogen-bond acceptors (Lipinski definition) is 4. The standard InChI is InChI=1S/C28H34FNO3/c1-2-3-4-6-21-8-10-22(11-9-21)7-5-18-32-25-15-13-24(14-16-25)28(31)33-27-17-12-23(20-30)19-26(27)29/h12-17,19,21-22H,2-11,18H2,1H3/t21-,22-. The molecule has 2 aromatic carbocycles. The maximum Gasteiger partial charge on any atom is 0.343 e. The van der Waals surface area contributed by atoms with Crippen molar-refractivity contribution in [2.45, 2.75) is 71.1 Å². The lowest BCUT2D eigenvalue weighted by molar-refractivity contribution is 0.0728. The summed E-state index contributed by atoms with van der Waals surface area (Å²) < 4.78 is 24.9. The first-order valence-corrected chi connectivity index (χ1v) is 12.2. The second kappa shape index (κ2) is 13.0. The SMILES string of the molecule is CCCCC[C@H]1CC[C@H](CCCOc2ccc(C(=O)Oc3ccc(C#N)cc3F)cc2)CC1. The number of hydrogen-bond donors (Lipinski definition) is 0. The maximum atomic E-state index is 13.9. The van der Waals surface area contributed by atoms with Crippen molar-refractivity contribution in [3.05, 3.63) is 59.4 Å². The molecular weight excluding hydrogens is 417 g/mol. The van der Waals surface area contributed by atoms with Crippen molar-refractivity contribution in [1.29, 1.82) is 5.26 Å². The third-order valence-electron chi connectivity index (χ3n) is 6.56. The first-order valence-electron chi connectivity index (χ1n) is 12.2. The third kappa shape index (κ3) is 7.89. The topological polar surface area (TPSA) is 59.3 Å². The van der Waals surface area contributed by atoms with Gasteiger partial charge in [0.25, 0.3) is 0 Å². The first-order chi connectivity index (χ1) is 16.1. The van der Waals surface area contributed by atoms with Gasteiger partial charge in [-0.2, -0.15) is 5.26 Å². The molecule has 1 saturated carbocycles. The minimum Gasteiger partial charge on any atom is -0.494 e. The van der Waals surface area contributed by atoms with Gasteiger partial charge in [0.05, 0.1) is 23.8 Å². The molecule has 0 heterocycles. The van der Waals surface area contributed by atoms with Crippen molar-refractivity contribution in [2.24, 2.45) is 11.8 Å². The molecule has 4 nitrogen and oxygen atoms in total. The average molecular weight is 452 g/mol. The van der Waals surface area contributed by atoms with Crippen LogP contribution in [0.15, 0.2) is 42.5 Å². The summed E-state index contributed by atoms with van der Waals surface area (Å²) in [6, 6.07) is 12.2. The van der Waals surface area contributed by atoms with Gasteiger partial charge in [-0.15, -0.1) is 0 Å². The summed E-state index contributed by atoms with van der Waals surface area (Å²) in [4.78, 5) is 12.3. The minimum atomic E-state index is -0.743. The fourth-order valence-corrected chi connectivity index (χ4v) is 4.55. The number of unbranched alkanes of at least 4 members (excludes halogenated alkanes) is 2. The summed E-state index contributed by atoms with van der Waals surface area (Å²) in [6.07, 6.45) is 13.2. The van der Waals surface area contributed by atoms with Crippen LogP contribution in [0.1, 0.15) is 87.1 Å². The minimum absolute atomic E-state index is 0.170. The molecule has 0 spiro atoms. The van der Waals surface area contributed by atoms with E-state index in [1.54, 1.807) is 24.3 Å². The van der Waals surface area contributed by atoms with E-state index in [0.717, 1.165) is 24.3 Å². The Labute approximate surface area is 196 Å². The number of esters is 1. The summed E-state index contributed by atoms with van der Waals surface area (Å²) in [5.41, 5.74) is 0.477. The Morgan fingerprint density at radius 3 is 2.27 bits per heavy atom. The van der Waals surface area contributed by atoms with E-state index in [1.165, 1.54) is 69.9 Å².